The number of rotatable bonds is 5. The molecular formula is C14H17ClO5S. The number of hydrogen-bond donors (Lipinski definition) is 1. The van der Waals surface area contributed by atoms with Crippen LogP contribution in [0.25, 0.3) is 0 Å². The average Bonchev–Trinajstić information content (AvgIpc) is 2.73. The van der Waals surface area contributed by atoms with Gasteiger partial charge < -0.3 is 9.84 Å². The van der Waals surface area contributed by atoms with Gasteiger partial charge in [0, 0.05) is 17.0 Å². The normalized spacial score (nSPS) is 15.6. The minimum atomic E-state index is -3.85. The lowest BCUT2D eigenvalue weighted by Gasteiger charge is -2.18. The summed E-state index contributed by atoms with van der Waals surface area (Å²) in [5.74, 6) is -1.70. The fourth-order valence-electron chi connectivity index (χ4n) is 2.61. The van der Waals surface area contributed by atoms with Crippen molar-refractivity contribution < 1.29 is 23.1 Å². The molecule has 116 valence electrons. The molecule has 0 bridgehead atoms. The average molecular weight is 333 g/mol. The zero-order valence-corrected chi connectivity index (χ0v) is 13.4. The Labute approximate surface area is 128 Å². The van der Waals surface area contributed by atoms with Crippen molar-refractivity contribution in [2.24, 2.45) is 5.92 Å². The number of carboxylic acids is 1. The first-order chi connectivity index (χ1) is 9.72. The summed E-state index contributed by atoms with van der Waals surface area (Å²) in [6.45, 7) is 3.64. The minimum absolute atomic E-state index is 0.384. The molecule has 7 heteroatoms. The Balaban J connectivity index is 2.40. The second-order valence-corrected chi connectivity index (χ2v) is 8.02. The van der Waals surface area contributed by atoms with Gasteiger partial charge in [-0.05, 0) is 23.6 Å². The van der Waals surface area contributed by atoms with Gasteiger partial charge in [0.15, 0.2) is 15.1 Å². The van der Waals surface area contributed by atoms with Crippen molar-refractivity contribution in [3.8, 4) is 5.75 Å². The van der Waals surface area contributed by atoms with Crippen LogP contribution in [0.1, 0.15) is 25.0 Å². The molecular weight excluding hydrogens is 316 g/mol. The molecule has 1 aromatic carbocycles. The first kappa shape index (κ1) is 16.1. The number of aliphatic carboxylic acids is 1. The first-order valence-corrected chi connectivity index (χ1v) is 8.70. The monoisotopic (exact) mass is 332 g/mol. The highest BCUT2D eigenvalue weighted by molar-refractivity contribution is 7.92. The minimum Gasteiger partial charge on any atom is -0.493 e. The van der Waals surface area contributed by atoms with Gasteiger partial charge >= 0.3 is 5.97 Å². The number of halogens is 1. The molecule has 0 spiro atoms. The molecule has 1 aliphatic heterocycles. The van der Waals surface area contributed by atoms with Crippen molar-refractivity contribution in [2.75, 3.05) is 6.61 Å². The van der Waals surface area contributed by atoms with Crippen LogP contribution in [-0.4, -0.2) is 31.4 Å². The molecule has 0 radical (unpaired) electrons. The highest BCUT2D eigenvalue weighted by Crippen LogP contribution is 2.34. The lowest BCUT2D eigenvalue weighted by Crippen LogP contribution is -2.35. The Morgan fingerprint density at radius 2 is 2.10 bits per heavy atom. The van der Waals surface area contributed by atoms with E-state index in [1.54, 1.807) is 19.9 Å². The summed E-state index contributed by atoms with van der Waals surface area (Å²) in [7, 11) is -3.85. The van der Waals surface area contributed by atoms with Crippen LogP contribution in [0.15, 0.2) is 12.1 Å². The second kappa shape index (κ2) is 5.85. The van der Waals surface area contributed by atoms with Gasteiger partial charge in [0.25, 0.3) is 0 Å². The van der Waals surface area contributed by atoms with Gasteiger partial charge in [0.1, 0.15) is 5.75 Å². The predicted molar refractivity (Wildman–Crippen MR) is 79.5 cm³/mol. The maximum absolute atomic E-state index is 12.4. The zero-order valence-electron chi connectivity index (χ0n) is 11.8. The topological polar surface area (TPSA) is 80.7 Å². The van der Waals surface area contributed by atoms with Crippen LogP contribution < -0.4 is 4.74 Å². The van der Waals surface area contributed by atoms with Crippen LogP contribution in [0, 0.1) is 5.92 Å². The molecule has 21 heavy (non-hydrogen) atoms. The third-order valence-electron chi connectivity index (χ3n) is 3.42. The predicted octanol–water partition coefficient (Wildman–Crippen LogP) is 2.30. The van der Waals surface area contributed by atoms with Gasteiger partial charge in [-0.3, -0.25) is 4.79 Å². The van der Waals surface area contributed by atoms with Crippen molar-refractivity contribution in [3.63, 3.8) is 0 Å². The van der Waals surface area contributed by atoms with Crippen LogP contribution in [0.3, 0.4) is 0 Å². The van der Waals surface area contributed by atoms with Crippen molar-refractivity contribution >= 4 is 27.4 Å². The Hall–Kier alpha value is -1.27. The zero-order chi connectivity index (χ0) is 15.8. The molecule has 1 atom stereocenters. The van der Waals surface area contributed by atoms with Crippen molar-refractivity contribution in [1.29, 1.82) is 0 Å². The summed E-state index contributed by atoms with van der Waals surface area (Å²) >= 11 is 6.00. The molecule has 0 saturated carbocycles. The van der Waals surface area contributed by atoms with Gasteiger partial charge in [-0.2, -0.15) is 0 Å². The van der Waals surface area contributed by atoms with E-state index in [1.807, 2.05) is 0 Å². The van der Waals surface area contributed by atoms with Crippen molar-refractivity contribution in [3.05, 3.63) is 28.3 Å². The molecule has 1 N–H and O–H groups in total. The SMILES string of the molecule is CC(C)C(C(=O)O)S(=O)(=O)Cc1cc(Cl)cc2c1OCC2. The Bertz CT molecular complexity index is 666. The van der Waals surface area contributed by atoms with E-state index in [0.717, 1.165) is 5.56 Å². The van der Waals surface area contributed by atoms with Crippen LogP contribution in [0.5, 0.6) is 5.75 Å². The smallest absolute Gasteiger partial charge is 0.322 e. The third-order valence-corrected chi connectivity index (χ3v) is 5.87. The number of sulfone groups is 1. The number of benzene rings is 1. The summed E-state index contributed by atoms with van der Waals surface area (Å²) < 4.78 is 30.3. The van der Waals surface area contributed by atoms with E-state index in [-0.39, 0.29) is 5.75 Å². The first-order valence-electron chi connectivity index (χ1n) is 6.61. The van der Waals surface area contributed by atoms with Gasteiger partial charge in [0.2, 0.25) is 0 Å². The molecule has 5 nitrogen and oxygen atoms in total. The molecule has 1 unspecified atom stereocenters. The van der Waals surface area contributed by atoms with E-state index in [1.165, 1.54) is 6.07 Å². The quantitative estimate of drug-likeness (QED) is 0.894. The highest BCUT2D eigenvalue weighted by Gasteiger charge is 2.36. The molecule has 0 saturated heterocycles. The molecule has 0 aliphatic carbocycles. The van der Waals surface area contributed by atoms with E-state index < -0.39 is 27.0 Å². The van der Waals surface area contributed by atoms with Crippen LogP contribution in [0.4, 0.5) is 0 Å². The molecule has 2 rings (SSSR count). The van der Waals surface area contributed by atoms with E-state index in [0.29, 0.717) is 29.4 Å². The van der Waals surface area contributed by atoms with Gasteiger partial charge in [0.05, 0.1) is 12.4 Å². The number of fused-ring (bicyclic) bond motifs is 1. The van der Waals surface area contributed by atoms with E-state index >= 15 is 0 Å². The molecule has 1 aromatic rings. The Morgan fingerprint density at radius 1 is 1.43 bits per heavy atom. The van der Waals surface area contributed by atoms with E-state index in [2.05, 4.69) is 0 Å². The van der Waals surface area contributed by atoms with Crippen LogP contribution >= 0.6 is 11.6 Å². The number of hydrogen-bond acceptors (Lipinski definition) is 4. The Kier molecular flexibility index (Phi) is 4.49. The van der Waals surface area contributed by atoms with E-state index in [4.69, 9.17) is 21.4 Å². The summed E-state index contributed by atoms with van der Waals surface area (Å²) in [6, 6.07) is 3.28. The van der Waals surface area contributed by atoms with Crippen LogP contribution in [-0.2, 0) is 26.8 Å². The molecule has 0 fully saturated rings. The number of ether oxygens (including phenoxy) is 1. The van der Waals surface area contributed by atoms with Crippen LogP contribution in [0.2, 0.25) is 5.02 Å². The number of carbonyl (C=O) groups is 1. The largest absolute Gasteiger partial charge is 0.493 e. The van der Waals surface area contributed by atoms with Crippen molar-refractivity contribution in [1.82, 2.24) is 0 Å². The molecule has 0 amide bonds. The summed E-state index contributed by atoms with van der Waals surface area (Å²) in [5, 5.41) is 8.16. The molecule has 1 heterocycles. The molecule has 1 aliphatic rings. The second-order valence-electron chi connectivity index (χ2n) is 5.46. The highest BCUT2D eigenvalue weighted by atomic mass is 35.5. The van der Waals surface area contributed by atoms with Gasteiger partial charge in [-0.1, -0.05) is 25.4 Å². The lowest BCUT2D eigenvalue weighted by molar-refractivity contribution is -0.137. The summed E-state index contributed by atoms with van der Waals surface area (Å²) in [4.78, 5) is 11.2. The number of carboxylic acid groups (broad SMARTS) is 1. The fraction of sp³-hybridized carbons (Fsp3) is 0.500. The standard InChI is InChI=1S/C14H17ClO5S/c1-8(2)13(14(16)17)21(18,19)7-10-6-11(15)5-9-3-4-20-12(9)10/h5-6,8,13H,3-4,7H2,1-2H3,(H,16,17). The maximum Gasteiger partial charge on any atom is 0.322 e. The molecule has 0 aromatic heterocycles. The Morgan fingerprint density at radius 3 is 2.67 bits per heavy atom. The van der Waals surface area contributed by atoms with Gasteiger partial charge in [-0.25, -0.2) is 8.42 Å². The summed E-state index contributed by atoms with van der Waals surface area (Å²) in [6.07, 6.45) is 0.676. The maximum atomic E-state index is 12.4. The lowest BCUT2D eigenvalue weighted by atomic mass is 10.1. The van der Waals surface area contributed by atoms with Gasteiger partial charge in [-0.15, -0.1) is 0 Å². The third kappa shape index (κ3) is 3.32. The summed E-state index contributed by atoms with van der Waals surface area (Å²) in [5.41, 5.74) is 1.30. The van der Waals surface area contributed by atoms with E-state index in [9.17, 15) is 13.2 Å². The fourth-order valence-corrected chi connectivity index (χ4v) is 4.84. The van der Waals surface area contributed by atoms with Crippen molar-refractivity contribution in [2.45, 2.75) is 31.3 Å².